The number of hydrogen-bond acceptors (Lipinski definition) is 6. The quantitative estimate of drug-likeness (QED) is 0.206. The highest BCUT2D eigenvalue weighted by Crippen LogP contribution is 2.45. The third-order valence-corrected chi connectivity index (χ3v) is 12.2. The normalized spacial score (nSPS) is 25.7. The Kier molecular flexibility index (Phi) is 8.52. The molecule has 3 aliphatic carbocycles. The Morgan fingerprint density at radius 2 is 1.70 bits per heavy atom. The average molecular weight is 653 g/mol. The van der Waals surface area contributed by atoms with Gasteiger partial charge in [0.1, 0.15) is 6.10 Å². The van der Waals surface area contributed by atoms with Crippen LogP contribution in [0.5, 0.6) is 0 Å². The number of hydrogen-bond donors (Lipinski definition) is 2. The van der Waals surface area contributed by atoms with Crippen molar-refractivity contribution in [2.45, 2.75) is 94.3 Å². The first kappa shape index (κ1) is 30.6. The van der Waals surface area contributed by atoms with E-state index >= 15 is 0 Å². The number of amides is 2. The number of rotatable bonds is 8. The fraction of sp³-hybridized carbons (Fsp3) is 0.500. The molecule has 4 aliphatic rings. The maximum atomic E-state index is 13.9. The van der Waals surface area contributed by atoms with Crippen molar-refractivity contribution in [2.24, 2.45) is 11.8 Å². The van der Waals surface area contributed by atoms with Crippen LogP contribution in [-0.4, -0.2) is 56.7 Å². The lowest BCUT2D eigenvalue weighted by molar-refractivity contribution is -0.128. The molecule has 1 unspecified atom stereocenters. The van der Waals surface area contributed by atoms with Gasteiger partial charge >= 0.3 is 6.09 Å². The zero-order valence-electron chi connectivity index (χ0n) is 26.8. The van der Waals surface area contributed by atoms with Gasteiger partial charge in [0.25, 0.3) is 0 Å². The number of fused-ring (bicyclic) bond motifs is 1. The van der Waals surface area contributed by atoms with E-state index in [0.29, 0.717) is 56.5 Å². The van der Waals surface area contributed by atoms with E-state index in [4.69, 9.17) is 9.72 Å². The van der Waals surface area contributed by atoms with E-state index in [-0.39, 0.29) is 30.1 Å². The maximum absolute atomic E-state index is 13.9. The fourth-order valence-corrected chi connectivity index (χ4v) is 9.00. The largest absolute Gasteiger partial charge is 0.446 e. The molecule has 0 bridgehead atoms. The Morgan fingerprint density at radius 1 is 0.915 bits per heavy atom. The van der Waals surface area contributed by atoms with E-state index < -0.39 is 6.10 Å². The van der Waals surface area contributed by atoms with Crippen molar-refractivity contribution in [2.75, 3.05) is 13.1 Å². The number of β-amino-alcohol motifs (C(OH)–C–C–N with tert-alkyl or cyclic N) is 1. The molecule has 2 amide bonds. The Labute approximate surface area is 280 Å². The highest BCUT2D eigenvalue weighted by atomic mass is 32.1. The van der Waals surface area contributed by atoms with Crippen molar-refractivity contribution in [3.05, 3.63) is 83.3 Å². The third-order valence-electron chi connectivity index (χ3n) is 11.0. The topological polar surface area (TPSA) is 96.2 Å². The van der Waals surface area contributed by atoms with E-state index in [1.54, 1.807) is 0 Å². The monoisotopic (exact) mass is 652 g/mol. The summed E-state index contributed by atoms with van der Waals surface area (Å²) in [5, 5.41) is 14.3. The van der Waals surface area contributed by atoms with Crippen LogP contribution in [-0.2, 0) is 9.53 Å². The Balaban J connectivity index is 0.962. The molecule has 1 aromatic carbocycles. The standard InChI is InChI=1S/C38H44N4O4S/c43-32-22-42(23-32)38(45)46-33-15-13-26(14-16-33)36(44)40-35(29-5-3-4-28(18-29)34-20-39-37(47-34)27-11-12-27)25-9-7-24(8-10-25)30-19-31-6-1-2-17-41(31)21-30/h1-6,17-21,24-27,32-33,35,43H,7-16,22-23H2,(H,40,44). The minimum atomic E-state index is -0.442. The van der Waals surface area contributed by atoms with Crippen molar-refractivity contribution in [3.8, 4) is 10.4 Å². The molecule has 9 heteroatoms. The number of carbonyl (C=O) groups excluding carboxylic acids is 2. The summed E-state index contributed by atoms with van der Waals surface area (Å²) in [6.07, 6.45) is 15.1. The first-order valence-corrected chi connectivity index (χ1v) is 18.3. The van der Waals surface area contributed by atoms with Crippen LogP contribution in [0.2, 0.25) is 0 Å². The van der Waals surface area contributed by atoms with E-state index in [9.17, 15) is 14.7 Å². The van der Waals surface area contributed by atoms with E-state index in [1.807, 2.05) is 17.5 Å². The molecule has 3 aromatic heterocycles. The molecule has 4 aromatic rings. The number of aliphatic hydroxyl groups is 1. The zero-order chi connectivity index (χ0) is 31.9. The molecule has 246 valence electrons. The molecule has 4 fully saturated rings. The summed E-state index contributed by atoms with van der Waals surface area (Å²) < 4.78 is 7.91. The summed E-state index contributed by atoms with van der Waals surface area (Å²) in [6, 6.07) is 17.4. The minimum absolute atomic E-state index is 0.0549. The van der Waals surface area contributed by atoms with Gasteiger partial charge in [0.05, 0.1) is 35.1 Å². The Morgan fingerprint density at radius 3 is 2.45 bits per heavy atom. The van der Waals surface area contributed by atoms with Gasteiger partial charge in [-0.05, 0) is 117 Å². The lowest BCUT2D eigenvalue weighted by Gasteiger charge is -2.37. The van der Waals surface area contributed by atoms with Crippen LogP contribution in [0.25, 0.3) is 16.0 Å². The molecular formula is C38H44N4O4S. The van der Waals surface area contributed by atoms with Gasteiger partial charge in [-0.25, -0.2) is 9.78 Å². The number of thiazole rings is 1. The number of aliphatic hydroxyl groups excluding tert-OH is 1. The van der Waals surface area contributed by atoms with E-state index in [0.717, 1.165) is 25.7 Å². The third kappa shape index (κ3) is 6.70. The van der Waals surface area contributed by atoms with Crippen LogP contribution < -0.4 is 5.32 Å². The molecule has 2 N–H and O–H groups in total. The number of pyridine rings is 1. The summed E-state index contributed by atoms with van der Waals surface area (Å²) in [6.45, 7) is 0.683. The number of nitrogens with zero attached hydrogens (tertiary/aromatic N) is 3. The summed E-state index contributed by atoms with van der Waals surface area (Å²) in [5.41, 5.74) is 5.01. The molecule has 0 spiro atoms. The molecule has 1 saturated heterocycles. The van der Waals surface area contributed by atoms with E-state index in [2.05, 4.69) is 70.6 Å². The van der Waals surface area contributed by atoms with Crippen LogP contribution in [0.1, 0.15) is 98.2 Å². The second kappa shape index (κ2) is 13.1. The number of benzene rings is 1. The van der Waals surface area contributed by atoms with Gasteiger partial charge in [-0.2, -0.15) is 0 Å². The van der Waals surface area contributed by atoms with Crippen molar-refractivity contribution >= 4 is 28.9 Å². The van der Waals surface area contributed by atoms with Crippen LogP contribution >= 0.6 is 11.3 Å². The highest BCUT2D eigenvalue weighted by Gasteiger charge is 2.36. The molecular weight excluding hydrogens is 609 g/mol. The van der Waals surface area contributed by atoms with Gasteiger partial charge in [0.2, 0.25) is 5.91 Å². The average Bonchev–Trinajstić information content (AvgIpc) is 3.64. The van der Waals surface area contributed by atoms with Crippen LogP contribution in [0.4, 0.5) is 4.79 Å². The maximum Gasteiger partial charge on any atom is 0.410 e. The molecule has 8 rings (SSSR count). The van der Waals surface area contributed by atoms with Gasteiger partial charge in [-0.15, -0.1) is 11.3 Å². The van der Waals surface area contributed by atoms with Crippen LogP contribution in [0, 0.1) is 11.8 Å². The second-order valence-electron chi connectivity index (χ2n) is 14.3. The summed E-state index contributed by atoms with van der Waals surface area (Å²) in [7, 11) is 0. The summed E-state index contributed by atoms with van der Waals surface area (Å²) >= 11 is 1.81. The lowest BCUT2D eigenvalue weighted by atomic mass is 9.74. The smallest absolute Gasteiger partial charge is 0.410 e. The number of ether oxygens (including phenoxy) is 1. The molecule has 1 aliphatic heterocycles. The highest BCUT2D eigenvalue weighted by molar-refractivity contribution is 7.15. The predicted octanol–water partition coefficient (Wildman–Crippen LogP) is 7.44. The van der Waals surface area contributed by atoms with Crippen LogP contribution in [0.3, 0.4) is 0 Å². The van der Waals surface area contributed by atoms with Crippen LogP contribution in [0.15, 0.2) is 67.1 Å². The zero-order valence-corrected chi connectivity index (χ0v) is 27.6. The number of aromatic nitrogens is 2. The number of likely N-dealkylation sites (tertiary alicyclic amines) is 1. The van der Waals surface area contributed by atoms with Gasteiger partial charge in [-0.3, -0.25) is 4.79 Å². The Bertz CT molecular complexity index is 1690. The molecule has 1 atom stereocenters. The molecule has 8 nitrogen and oxygen atoms in total. The van der Waals surface area contributed by atoms with Gasteiger partial charge in [0, 0.05) is 35.9 Å². The number of nitrogens with one attached hydrogen (secondary N) is 1. The number of carbonyl (C=O) groups is 2. The van der Waals surface area contributed by atoms with Crippen molar-refractivity contribution < 1.29 is 19.4 Å². The lowest BCUT2D eigenvalue weighted by Crippen LogP contribution is -2.54. The predicted molar refractivity (Wildman–Crippen MR) is 182 cm³/mol. The Hall–Kier alpha value is -3.69. The SMILES string of the molecule is O=C(NC(c1cccc(-c2cnc(C3CC3)s2)c1)C1CCC(c2cc3ccccn3c2)CC1)C1CCC(OC(=O)N2CC(O)C2)CC1. The molecule has 4 heterocycles. The van der Waals surface area contributed by atoms with Crippen molar-refractivity contribution in [3.63, 3.8) is 0 Å². The summed E-state index contributed by atoms with van der Waals surface area (Å²) in [5.74, 6) is 1.55. The van der Waals surface area contributed by atoms with Gasteiger partial charge in [0.15, 0.2) is 0 Å². The van der Waals surface area contributed by atoms with Crippen molar-refractivity contribution in [1.29, 1.82) is 0 Å². The fourth-order valence-electron chi connectivity index (χ4n) is 7.92. The van der Waals surface area contributed by atoms with E-state index in [1.165, 1.54) is 49.8 Å². The molecule has 47 heavy (non-hydrogen) atoms. The van der Waals surface area contributed by atoms with Crippen molar-refractivity contribution in [1.82, 2.24) is 19.6 Å². The minimum Gasteiger partial charge on any atom is -0.446 e. The van der Waals surface area contributed by atoms with Gasteiger partial charge < -0.3 is 24.5 Å². The second-order valence-corrected chi connectivity index (χ2v) is 15.3. The first-order chi connectivity index (χ1) is 23.0. The van der Waals surface area contributed by atoms with Gasteiger partial charge in [-0.1, -0.05) is 24.3 Å². The molecule has 3 saturated carbocycles. The first-order valence-electron chi connectivity index (χ1n) is 17.5. The summed E-state index contributed by atoms with van der Waals surface area (Å²) in [4.78, 5) is 33.7. The molecule has 0 radical (unpaired) electrons.